The van der Waals surface area contributed by atoms with Crippen molar-refractivity contribution >= 4 is 0 Å². The van der Waals surface area contributed by atoms with Crippen molar-refractivity contribution in [1.82, 2.24) is 29.8 Å². The van der Waals surface area contributed by atoms with Crippen LogP contribution in [-0.4, -0.2) is 36.4 Å². The van der Waals surface area contributed by atoms with E-state index in [1.54, 1.807) is 18.6 Å². The van der Waals surface area contributed by atoms with Gasteiger partial charge in [0.15, 0.2) is 5.82 Å². The quantitative estimate of drug-likeness (QED) is 0.704. The lowest BCUT2D eigenvalue weighted by Gasteiger charge is -2.28. The minimum atomic E-state index is -4.39. The van der Waals surface area contributed by atoms with Crippen LogP contribution in [0.4, 0.5) is 13.2 Å². The van der Waals surface area contributed by atoms with E-state index in [1.165, 1.54) is 18.7 Å². The molecule has 0 N–H and O–H groups in total. The molecule has 138 valence electrons. The molecule has 6 nitrogen and oxygen atoms in total. The zero-order chi connectivity index (χ0) is 18.9. The molecule has 27 heavy (non-hydrogen) atoms. The van der Waals surface area contributed by atoms with Crippen LogP contribution in [0.3, 0.4) is 0 Å². The van der Waals surface area contributed by atoms with Gasteiger partial charge in [0.25, 0.3) is 0 Å². The molecule has 0 unspecified atom stereocenters. The van der Waals surface area contributed by atoms with Gasteiger partial charge in [-0.3, -0.25) is 9.88 Å². The second-order valence-corrected chi connectivity index (χ2v) is 6.28. The summed E-state index contributed by atoms with van der Waals surface area (Å²) in [5, 5.41) is 0. The Bertz CT molecular complexity index is 945. The van der Waals surface area contributed by atoms with E-state index in [9.17, 15) is 13.2 Å². The molecule has 9 heteroatoms. The fourth-order valence-electron chi connectivity index (χ4n) is 3.13. The van der Waals surface area contributed by atoms with E-state index >= 15 is 0 Å². The lowest BCUT2D eigenvalue weighted by molar-refractivity contribution is -0.138. The Balaban J connectivity index is 1.53. The maximum atomic E-state index is 13.2. The molecule has 1 aliphatic heterocycles. The first-order valence-electron chi connectivity index (χ1n) is 8.33. The van der Waals surface area contributed by atoms with Gasteiger partial charge in [-0.1, -0.05) is 0 Å². The van der Waals surface area contributed by atoms with Gasteiger partial charge >= 0.3 is 6.18 Å². The van der Waals surface area contributed by atoms with Crippen LogP contribution in [0.5, 0.6) is 0 Å². The largest absolute Gasteiger partial charge is 0.416 e. The van der Waals surface area contributed by atoms with Crippen LogP contribution < -0.4 is 0 Å². The number of hydrogen-bond donors (Lipinski definition) is 0. The fourth-order valence-corrected chi connectivity index (χ4v) is 3.13. The lowest BCUT2D eigenvalue weighted by atomic mass is 10.0. The van der Waals surface area contributed by atoms with Gasteiger partial charge in [0.05, 0.1) is 16.8 Å². The summed E-state index contributed by atoms with van der Waals surface area (Å²) in [5.41, 5.74) is 2.08. The monoisotopic (exact) mass is 372 g/mol. The number of pyridine rings is 1. The van der Waals surface area contributed by atoms with Crippen molar-refractivity contribution in [2.45, 2.75) is 25.7 Å². The van der Waals surface area contributed by atoms with Gasteiger partial charge in [-0.2, -0.15) is 13.2 Å². The van der Waals surface area contributed by atoms with E-state index in [1.807, 2.05) is 4.90 Å². The highest BCUT2D eigenvalue weighted by atomic mass is 19.4. The molecule has 0 aliphatic carbocycles. The van der Waals surface area contributed by atoms with E-state index in [0.717, 1.165) is 22.9 Å². The molecule has 0 atom stereocenters. The van der Waals surface area contributed by atoms with E-state index < -0.39 is 11.7 Å². The third-order valence-corrected chi connectivity index (χ3v) is 4.43. The molecule has 0 spiro atoms. The topological polar surface area (TPSA) is 67.7 Å². The number of fused-ring (bicyclic) bond motifs is 1. The molecule has 1 aliphatic rings. The van der Waals surface area contributed by atoms with Crippen molar-refractivity contribution in [3.05, 3.63) is 65.8 Å². The maximum Gasteiger partial charge on any atom is 0.416 e. The summed E-state index contributed by atoms with van der Waals surface area (Å²) in [5.74, 6) is 0.550. The smallest absolute Gasteiger partial charge is 0.294 e. The standard InChI is InChI=1S/C18H15F3N6/c19-18(20,21)15-1-3-22-7-13(15)9-27-4-2-16-14(10-27)8-25-17(26-16)12-5-23-11-24-6-12/h1,3,5-8,11H,2,4,9-10H2. The fraction of sp³-hybridized carbons (Fsp3) is 0.278. The molecule has 4 rings (SSSR count). The maximum absolute atomic E-state index is 13.2. The SMILES string of the molecule is FC(F)(F)c1ccncc1CN1CCc2nc(-c3cncnc3)ncc2C1. The summed E-state index contributed by atoms with van der Waals surface area (Å²) < 4.78 is 39.5. The van der Waals surface area contributed by atoms with Gasteiger partial charge in [0, 0.05) is 62.6 Å². The molecule has 3 aromatic heterocycles. The van der Waals surface area contributed by atoms with Crippen molar-refractivity contribution < 1.29 is 13.2 Å². The molecule has 0 radical (unpaired) electrons. The Hall–Kier alpha value is -2.94. The van der Waals surface area contributed by atoms with E-state index in [-0.39, 0.29) is 12.1 Å². The van der Waals surface area contributed by atoms with Gasteiger partial charge in [-0.15, -0.1) is 0 Å². The second-order valence-electron chi connectivity index (χ2n) is 6.28. The second kappa shape index (κ2) is 6.99. The average Bonchev–Trinajstić information content (AvgIpc) is 2.68. The van der Waals surface area contributed by atoms with E-state index in [0.29, 0.717) is 25.3 Å². The van der Waals surface area contributed by atoms with E-state index in [2.05, 4.69) is 24.9 Å². The van der Waals surface area contributed by atoms with Gasteiger partial charge in [-0.05, 0) is 11.6 Å². The van der Waals surface area contributed by atoms with Crippen molar-refractivity contribution in [1.29, 1.82) is 0 Å². The number of rotatable bonds is 3. The van der Waals surface area contributed by atoms with Crippen LogP contribution in [0.1, 0.15) is 22.4 Å². The summed E-state index contributed by atoms with van der Waals surface area (Å²) in [6, 6.07) is 1.02. The average molecular weight is 372 g/mol. The molecular formula is C18H15F3N6. The Morgan fingerprint density at radius 1 is 1.04 bits per heavy atom. The van der Waals surface area contributed by atoms with Crippen LogP contribution in [0.25, 0.3) is 11.4 Å². The third-order valence-electron chi connectivity index (χ3n) is 4.43. The minimum absolute atomic E-state index is 0.174. The first-order chi connectivity index (χ1) is 13.0. The molecule has 0 aromatic carbocycles. The van der Waals surface area contributed by atoms with Crippen LogP contribution >= 0.6 is 0 Å². The van der Waals surface area contributed by atoms with Crippen LogP contribution in [0, 0.1) is 0 Å². The molecule has 0 saturated heterocycles. The van der Waals surface area contributed by atoms with Gasteiger partial charge in [-0.25, -0.2) is 19.9 Å². The number of alkyl halides is 3. The predicted octanol–water partition coefficient (Wildman–Crippen LogP) is 2.91. The summed E-state index contributed by atoms with van der Waals surface area (Å²) in [7, 11) is 0. The zero-order valence-corrected chi connectivity index (χ0v) is 14.2. The summed E-state index contributed by atoms with van der Waals surface area (Å²) in [6.07, 6.45) is 5.16. The number of halogens is 3. The van der Waals surface area contributed by atoms with Crippen molar-refractivity contribution in [3.63, 3.8) is 0 Å². The Labute approximate surface area is 153 Å². The van der Waals surface area contributed by atoms with Gasteiger partial charge in [0.1, 0.15) is 6.33 Å². The Kier molecular flexibility index (Phi) is 4.53. The lowest BCUT2D eigenvalue weighted by Crippen LogP contribution is -2.31. The van der Waals surface area contributed by atoms with Crippen LogP contribution in [0.15, 0.2) is 43.4 Å². The predicted molar refractivity (Wildman–Crippen MR) is 90.1 cm³/mol. The highest BCUT2D eigenvalue weighted by Crippen LogP contribution is 2.32. The highest BCUT2D eigenvalue weighted by Gasteiger charge is 2.33. The summed E-state index contributed by atoms with van der Waals surface area (Å²) in [4.78, 5) is 22.6. The van der Waals surface area contributed by atoms with Crippen molar-refractivity contribution in [2.75, 3.05) is 6.54 Å². The molecule has 0 amide bonds. The third kappa shape index (κ3) is 3.77. The molecule has 0 bridgehead atoms. The van der Waals surface area contributed by atoms with Crippen molar-refractivity contribution in [3.8, 4) is 11.4 Å². The van der Waals surface area contributed by atoms with Gasteiger partial charge < -0.3 is 0 Å². The van der Waals surface area contributed by atoms with Crippen LogP contribution in [0.2, 0.25) is 0 Å². The highest BCUT2D eigenvalue weighted by molar-refractivity contribution is 5.52. The number of aromatic nitrogens is 5. The molecular weight excluding hydrogens is 357 g/mol. The first kappa shape index (κ1) is 17.5. The van der Waals surface area contributed by atoms with Gasteiger partial charge in [0.2, 0.25) is 0 Å². The van der Waals surface area contributed by atoms with Crippen LogP contribution in [-0.2, 0) is 25.7 Å². The zero-order valence-electron chi connectivity index (χ0n) is 14.2. The van der Waals surface area contributed by atoms with E-state index in [4.69, 9.17) is 0 Å². The number of hydrogen-bond acceptors (Lipinski definition) is 6. The first-order valence-corrected chi connectivity index (χ1v) is 8.33. The number of nitrogens with zero attached hydrogens (tertiary/aromatic N) is 6. The molecule has 0 fully saturated rings. The minimum Gasteiger partial charge on any atom is -0.294 e. The summed E-state index contributed by atoms with van der Waals surface area (Å²) >= 11 is 0. The Morgan fingerprint density at radius 3 is 2.63 bits per heavy atom. The van der Waals surface area contributed by atoms with Crippen molar-refractivity contribution in [2.24, 2.45) is 0 Å². The molecule has 3 aromatic rings. The summed E-state index contributed by atoms with van der Waals surface area (Å²) in [6.45, 7) is 1.28. The normalized spacial score (nSPS) is 14.8. The molecule has 0 saturated carbocycles. The Morgan fingerprint density at radius 2 is 1.85 bits per heavy atom. The molecule has 4 heterocycles.